The van der Waals surface area contributed by atoms with E-state index in [9.17, 15) is 4.21 Å². The van der Waals surface area contributed by atoms with E-state index < -0.39 is 11.0 Å². The molecule has 4 heteroatoms. The van der Waals surface area contributed by atoms with Crippen molar-refractivity contribution in [1.29, 1.82) is 0 Å². The van der Waals surface area contributed by atoms with Gasteiger partial charge in [-0.2, -0.15) is 4.40 Å². The van der Waals surface area contributed by atoms with Gasteiger partial charge in [-0.1, -0.05) is 18.2 Å². The summed E-state index contributed by atoms with van der Waals surface area (Å²) in [5.74, 6) is 0. The van der Waals surface area contributed by atoms with Crippen molar-refractivity contribution in [3.63, 3.8) is 0 Å². The smallest absolute Gasteiger partial charge is 0.173 e. The molecule has 1 aliphatic rings. The van der Waals surface area contributed by atoms with Crippen LogP contribution in [0.15, 0.2) is 33.6 Å². The summed E-state index contributed by atoms with van der Waals surface area (Å²) >= 11 is 0. The summed E-state index contributed by atoms with van der Waals surface area (Å²) in [7, 11) is -1.13. The monoisotopic (exact) mass is 158 g/mol. The molecule has 1 heterocycles. The Morgan fingerprint density at radius 1 is 1.27 bits per heavy atom. The molecule has 0 saturated carbocycles. The van der Waals surface area contributed by atoms with E-state index in [1.54, 1.807) is 6.21 Å². The molecule has 1 unspecified atom stereocenters. The first-order valence-corrected chi connectivity index (χ1v) is 4.03. The van der Waals surface area contributed by atoms with Crippen molar-refractivity contribution in [3.8, 4) is 0 Å². The van der Waals surface area contributed by atoms with E-state index in [0.29, 0.717) is 0 Å². The van der Waals surface area contributed by atoms with Gasteiger partial charge in [0, 0.05) is 30.6 Å². The minimum Gasteiger partial charge on any atom is -0.229 e. The normalized spacial score (nSPS) is 19.1. The van der Waals surface area contributed by atoms with E-state index in [1.165, 1.54) is 0 Å². The molecule has 0 fully saturated rings. The van der Waals surface area contributed by atoms with Crippen LogP contribution in [0, 0.1) is 0 Å². The molecule has 1 aliphatic heterocycles. The molecule has 0 bridgehead atoms. The van der Waals surface area contributed by atoms with E-state index in [2.05, 4.69) is 4.40 Å². The fourth-order valence-corrected chi connectivity index (χ4v) is 1.75. The molecule has 51 valence electrons. The third kappa shape index (κ3) is 1.46. The molecule has 0 spiro atoms. The molecule has 1 aromatic carbocycles. The summed E-state index contributed by atoms with van der Waals surface area (Å²) in [6.07, 6.45) is 1.64. The zero-order valence-corrected chi connectivity index (χ0v) is 6.97. The predicted molar refractivity (Wildman–Crippen MR) is 46.2 cm³/mol. The van der Waals surface area contributed by atoms with Crippen molar-refractivity contribution < 1.29 is 4.21 Å². The molecule has 0 aromatic heterocycles. The first kappa shape index (κ1) is 8.73. The van der Waals surface area contributed by atoms with E-state index in [4.69, 9.17) is 0 Å². The van der Waals surface area contributed by atoms with Crippen molar-refractivity contribution >= 4 is 36.1 Å². The SMILES string of the molecule is O=S1N=Cc2ccccc21.[Li]. The molecule has 1 atom stereocenters. The van der Waals surface area contributed by atoms with Crippen LogP contribution in [0.4, 0.5) is 0 Å². The maximum absolute atomic E-state index is 11.0. The van der Waals surface area contributed by atoms with Crippen LogP contribution in [-0.2, 0) is 11.0 Å². The second-order valence-electron chi connectivity index (χ2n) is 2.02. The molecule has 11 heavy (non-hydrogen) atoms. The Labute approximate surface area is 79.5 Å². The Kier molecular flexibility index (Phi) is 2.66. The van der Waals surface area contributed by atoms with Crippen LogP contribution in [0.2, 0.25) is 0 Å². The Balaban J connectivity index is 0.000000605. The second-order valence-corrected chi connectivity index (χ2v) is 3.17. The summed E-state index contributed by atoms with van der Waals surface area (Å²) in [5.41, 5.74) is 0.973. The van der Waals surface area contributed by atoms with Gasteiger partial charge >= 0.3 is 0 Å². The summed E-state index contributed by atoms with van der Waals surface area (Å²) in [5, 5.41) is 0. The third-order valence-electron chi connectivity index (χ3n) is 1.39. The fourth-order valence-electron chi connectivity index (χ4n) is 0.908. The van der Waals surface area contributed by atoms with Crippen molar-refractivity contribution in [2.24, 2.45) is 4.40 Å². The molecular weight excluding hydrogens is 153 g/mol. The average Bonchev–Trinajstić information content (AvgIpc) is 2.34. The molecular formula is C7H5LiNOS. The van der Waals surface area contributed by atoms with Crippen LogP contribution >= 0.6 is 0 Å². The van der Waals surface area contributed by atoms with Crippen molar-refractivity contribution in [1.82, 2.24) is 0 Å². The molecule has 0 N–H and O–H groups in total. The maximum Gasteiger partial charge on any atom is 0.173 e. The molecule has 2 rings (SSSR count). The number of nitrogens with zero attached hydrogens (tertiary/aromatic N) is 1. The van der Waals surface area contributed by atoms with Gasteiger partial charge in [-0.3, -0.25) is 0 Å². The van der Waals surface area contributed by atoms with Crippen LogP contribution < -0.4 is 0 Å². The molecule has 0 amide bonds. The van der Waals surface area contributed by atoms with Gasteiger partial charge in [0.2, 0.25) is 0 Å². The third-order valence-corrected chi connectivity index (χ3v) is 2.44. The summed E-state index contributed by atoms with van der Waals surface area (Å²) in [6, 6.07) is 7.51. The van der Waals surface area contributed by atoms with Gasteiger partial charge < -0.3 is 0 Å². The van der Waals surface area contributed by atoms with Gasteiger partial charge in [0.1, 0.15) is 0 Å². The van der Waals surface area contributed by atoms with Crippen LogP contribution in [0.1, 0.15) is 5.56 Å². The van der Waals surface area contributed by atoms with Crippen LogP contribution in [-0.4, -0.2) is 29.3 Å². The van der Waals surface area contributed by atoms with Gasteiger partial charge in [-0.05, 0) is 6.07 Å². The Bertz CT molecular complexity index is 324. The quantitative estimate of drug-likeness (QED) is 0.512. The van der Waals surface area contributed by atoms with Gasteiger partial charge in [0.15, 0.2) is 11.0 Å². The van der Waals surface area contributed by atoms with Gasteiger partial charge in [0.05, 0.1) is 4.90 Å². The molecule has 0 saturated heterocycles. The minimum atomic E-state index is -1.13. The number of rotatable bonds is 0. The van der Waals surface area contributed by atoms with Gasteiger partial charge in [-0.15, -0.1) is 0 Å². The van der Waals surface area contributed by atoms with E-state index in [-0.39, 0.29) is 18.9 Å². The largest absolute Gasteiger partial charge is 0.229 e. The van der Waals surface area contributed by atoms with Gasteiger partial charge in [0.25, 0.3) is 0 Å². The Hall–Kier alpha value is -0.363. The molecule has 2 nitrogen and oxygen atoms in total. The Morgan fingerprint density at radius 3 is 2.73 bits per heavy atom. The average molecular weight is 158 g/mol. The van der Waals surface area contributed by atoms with Crippen LogP contribution in [0.3, 0.4) is 0 Å². The zero-order valence-electron chi connectivity index (χ0n) is 6.15. The first-order chi connectivity index (χ1) is 4.88. The minimum absolute atomic E-state index is 0. The molecule has 0 aliphatic carbocycles. The summed E-state index contributed by atoms with van der Waals surface area (Å²) in [6.45, 7) is 0. The number of hydrogen-bond donors (Lipinski definition) is 0. The topological polar surface area (TPSA) is 29.4 Å². The number of hydrogen-bond acceptors (Lipinski definition) is 1. The molecule has 1 radical (unpaired) electrons. The van der Waals surface area contributed by atoms with Crippen LogP contribution in [0.5, 0.6) is 0 Å². The first-order valence-electron chi connectivity index (χ1n) is 2.93. The Morgan fingerprint density at radius 2 is 2.00 bits per heavy atom. The predicted octanol–water partition coefficient (Wildman–Crippen LogP) is 0.761. The number of benzene rings is 1. The summed E-state index contributed by atoms with van der Waals surface area (Å²) in [4.78, 5) is 0.822. The van der Waals surface area contributed by atoms with Crippen molar-refractivity contribution in [2.75, 3.05) is 0 Å². The van der Waals surface area contributed by atoms with E-state index in [1.807, 2.05) is 24.3 Å². The fraction of sp³-hybridized carbons (Fsp3) is 0. The van der Waals surface area contributed by atoms with E-state index >= 15 is 0 Å². The maximum atomic E-state index is 11.0. The second kappa shape index (κ2) is 3.36. The van der Waals surface area contributed by atoms with Crippen molar-refractivity contribution in [2.45, 2.75) is 4.90 Å². The standard InChI is InChI=1S/C7H5NOS.Li/c9-10-7-4-2-1-3-6(7)5-8-10;/h1-5H;. The van der Waals surface area contributed by atoms with E-state index in [0.717, 1.165) is 10.5 Å². The van der Waals surface area contributed by atoms with Crippen molar-refractivity contribution in [3.05, 3.63) is 29.8 Å². The van der Waals surface area contributed by atoms with Crippen LogP contribution in [0.25, 0.3) is 0 Å². The molecule has 1 aromatic rings. The van der Waals surface area contributed by atoms with Gasteiger partial charge in [-0.25, -0.2) is 4.21 Å². The number of fused-ring (bicyclic) bond motifs is 1. The zero-order chi connectivity index (χ0) is 6.97. The summed E-state index contributed by atoms with van der Waals surface area (Å²) < 4.78 is 14.7.